The second-order valence-corrected chi connectivity index (χ2v) is 5.15. The average molecular weight is 297 g/mol. The zero-order valence-electron chi connectivity index (χ0n) is 11.6. The molecule has 1 amide bonds. The molecule has 0 aromatic heterocycles. The van der Waals surface area contributed by atoms with Crippen LogP contribution in [0.4, 0.5) is 10.1 Å². The smallest absolute Gasteiger partial charge is 0.256 e. The molecular weight excluding hydrogens is 285 g/mol. The fourth-order valence-electron chi connectivity index (χ4n) is 2.75. The molecule has 0 atom stereocenters. The summed E-state index contributed by atoms with van der Waals surface area (Å²) in [6.45, 7) is 0.420. The summed E-state index contributed by atoms with van der Waals surface area (Å²) in [5.74, 6) is -0.0185. The zero-order valence-corrected chi connectivity index (χ0v) is 11.6. The Labute approximate surface area is 126 Å². The van der Waals surface area contributed by atoms with Gasteiger partial charge in [0.15, 0.2) is 6.79 Å². The minimum absolute atomic E-state index is 0.123. The van der Waals surface area contributed by atoms with Crippen LogP contribution in [0, 0.1) is 5.82 Å². The Bertz CT molecular complexity index is 814. The largest absolute Gasteiger partial charge is 0.467 e. The Morgan fingerprint density at radius 1 is 1.23 bits per heavy atom. The van der Waals surface area contributed by atoms with Gasteiger partial charge in [0.2, 0.25) is 0 Å². The second kappa shape index (κ2) is 4.96. The van der Waals surface area contributed by atoms with Crippen LogP contribution in [-0.4, -0.2) is 12.7 Å². The zero-order chi connectivity index (χ0) is 15.1. The van der Waals surface area contributed by atoms with Crippen molar-refractivity contribution in [3.63, 3.8) is 0 Å². The molecule has 2 aromatic rings. The van der Waals surface area contributed by atoms with Gasteiger partial charge < -0.3 is 14.8 Å². The van der Waals surface area contributed by atoms with Crippen LogP contribution in [-0.2, 0) is 16.1 Å². The van der Waals surface area contributed by atoms with Gasteiger partial charge in [-0.3, -0.25) is 4.79 Å². The number of carbonyl (C=O) groups excluding carboxylic acids is 1. The van der Waals surface area contributed by atoms with Crippen LogP contribution in [0.5, 0.6) is 5.75 Å². The molecule has 0 spiro atoms. The first-order valence-electron chi connectivity index (χ1n) is 6.88. The molecule has 110 valence electrons. The molecule has 0 saturated heterocycles. The Balaban J connectivity index is 1.87. The van der Waals surface area contributed by atoms with Crippen molar-refractivity contribution < 1.29 is 18.7 Å². The minimum atomic E-state index is -0.383. The SMILES string of the molecule is O=C1Nc2ccccc2C1=Cc1cc(F)cc2c1OCOC2. The Hall–Kier alpha value is -2.66. The highest BCUT2D eigenvalue weighted by molar-refractivity contribution is 6.35. The van der Waals surface area contributed by atoms with Crippen molar-refractivity contribution in [2.75, 3.05) is 12.1 Å². The molecule has 1 N–H and O–H groups in total. The van der Waals surface area contributed by atoms with Gasteiger partial charge in [-0.25, -0.2) is 4.39 Å². The Morgan fingerprint density at radius 2 is 2.09 bits per heavy atom. The molecule has 2 aromatic carbocycles. The molecule has 0 saturated carbocycles. The number of benzene rings is 2. The van der Waals surface area contributed by atoms with Crippen LogP contribution >= 0.6 is 0 Å². The third kappa shape index (κ3) is 2.07. The summed E-state index contributed by atoms with van der Waals surface area (Å²) in [5, 5.41) is 2.80. The van der Waals surface area contributed by atoms with E-state index in [0.29, 0.717) is 29.1 Å². The van der Waals surface area contributed by atoms with Gasteiger partial charge in [0.1, 0.15) is 11.6 Å². The predicted molar refractivity (Wildman–Crippen MR) is 79.6 cm³/mol. The van der Waals surface area contributed by atoms with Crippen LogP contribution in [0.25, 0.3) is 11.6 Å². The molecule has 2 aliphatic rings. The van der Waals surface area contributed by atoms with Crippen molar-refractivity contribution in [1.29, 1.82) is 0 Å². The molecule has 22 heavy (non-hydrogen) atoms. The molecule has 0 radical (unpaired) electrons. The van der Waals surface area contributed by atoms with Gasteiger partial charge in [0.25, 0.3) is 5.91 Å². The van der Waals surface area contributed by atoms with Gasteiger partial charge in [-0.2, -0.15) is 0 Å². The van der Waals surface area contributed by atoms with E-state index in [1.165, 1.54) is 12.1 Å². The Kier molecular flexibility index (Phi) is 2.94. The number of anilines is 1. The van der Waals surface area contributed by atoms with Gasteiger partial charge in [-0.1, -0.05) is 18.2 Å². The van der Waals surface area contributed by atoms with Gasteiger partial charge in [0, 0.05) is 28.0 Å². The number of ether oxygens (including phenoxy) is 2. The molecule has 2 aliphatic heterocycles. The van der Waals surface area contributed by atoms with Crippen molar-refractivity contribution >= 4 is 23.2 Å². The van der Waals surface area contributed by atoms with E-state index in [1.54, 1.807) is 6.08 Å². The molecule has 5 heteroatoms. The second-order valence-electron chi connectivity index (χ2n) is 5.15. The third-order valence-corrected chi connectivity index (χ3v) is 3.71. The molecule has 0 bridgehead atoms. The number of fused-ring (bicyclic) bond motifs is 2. The van der Waals surface area contributed by atoms with Crippen molar-refractivity contribution in [3.05, 3.63) is 58.9 Å². The van der Waals surface area contributed by atoms with Crippen LogP contribution < -0.4 is 10.1 Å². The molecule has 2 heterocycles. The molecule has 0 fully saturated rings. The van der Waals surface area contributed by atoms with Gasteiger partial charge in [0.05, 0.1) is 6.61 Å². The highest BCUT2D eigenvalue weighted by Gasteiger charge is 2.25. The summed E-state index contributed by atoms with van der Waals surface area (Å²) in [5.41, 5.74) is 3.24. The number of halogens is 1. The van der Waals surface area contributed by atoms with E-state index in [-0.39, 0.29) is 18.5 Å². The first-order valence-corrected chi connectivity index (χ1v) is 6.88. The van der Waals surface area contributed by atoms with Crippen molar-refractivity contribution in [1.82, 2.24) is 0 Å². The number of hydrogen-bond acceptors (Lipinski definition) is 3. The highest BCUT2D eigenvalue weighted by Crippen LogP contribution is 2.36. The van der Waals surface area contributed by atoms with E-state index in [2.05, 4.69) is 5.32 Å². The standard InChI is InChI=1S/C17H12FNO3/c18-12-5-10(16-11(6-12)8-21-9-22-16)7-14-13-3-1-2-4-15(13)19-17(14)20/h1-7H,8-9H2,(H,19,20). The van der Waals surface area contributed by atoms with E-state index in [9.17, 15) is 9.18 Å². The maximum atomic E-state index is 13.8. The molecule has 0 aliphatic carbocycles. The summed E-state index contributed by atoms with van der Waals surface area (Å²) >= 11 is 0. The molecule has 0 unspecified atom stereocenters. The molecule has 4 nitrogen and oxygen atoms in total. The number of nitrogens with one attached hydrogen (secondary N) is 1. The highest BCUT2D eigenvalue weighted by atomic mass is 19.1. The quantitative estimate of drug-likeness (QED) is 0.822. The summed E-state index contributed by atoms with van der Waals surface area (Å²) in [6.07, 6.45) is 1.66. The van der Waals surface area contributed by atoms with E-state index in [4.69, 9.17) is 9.47 Å². The lowest BCUT2D eigenvalue weighted by atomic mass is 10.0. The predicted octanol–water partition coefficient (Wildman–Crippen LogP) is 3.18. The number of amides is 1. The topological polar surface area (TPSA) is 47.6 Å². The van der Waals surface area contributed by atoms with Crippen LogP contribution in [0.2, 0.25) is 0 Å². The number of carbonyl (C=O) groups is 1. The summed E-state index contributed by atoms with van der Waals surface area (Å²) in [7, 11) is 0. The van der Waals surface area contributed by atoms with Crippen LogP contribution in [0.3, 0.4) is 0 Å². The maximum Gasteiger partial charge on any atom is 0.256 e. The molecular formula is C17H12FNO3. The third-order valence-electron chi connectivity index (χ3n) is 3.71. The normalized spacial score (nSPS) is 17.7. The van der Waals surface area contributed by atoms with Gasteiger partial charge in [-0.05, 0) is 24.3 Å². The lowest BCUT2D eigenvalue weighted by Gasteiger charge is -2.19. The van der Waals surface area contributed by atoms with Crippen molar-refractivity contribution in [3.8, 4) is 5.75 Å². The average Bonchev–Trinajstić information content (AvgIpc) is 2.83. The van der Waals surface area contributed by atoms with Gasteiger partial charge >= 0.3 is 0 Å². The lowest BCUT2D eigenvalue weighted by Crippen LogP contribution is -2.13. The fourth-order valence-corrected chi connectivity index (χ4v) is 2.75. The number of hydrogen-bond donors (Lipinski definition) is 1. The maximum absolute atomic E-state index is 13.8. The van der Waals surface area contributed by atoms with E-state index in [0.717, 1.165) is 11.3 Å². The summed E-state index contributed by atoms with van der Waals surface area (Å²) in [4.78, 5) is 12.1. The van der Waals surface area contributed by atoms with Crippen LogP contribution in [0.15, 0.2) is 36.4 Å². The summed E-state index contributed by atoms with van der Waals surface area (Å²) in [6, 6.07) is 10.2. The van der Waals surface area contributed by atoms with Crippen molar-refractivity contribution in [2.24, 2.45) is 0 Å². The van der Waals surface area contributed by atoms with E-state index < -0.39 is 0 Å². The lowest BCUT2D eigenvalue weighted by molar-refractivity contribution is -0.110. The first-order chi connectivity index (χ1) is 10.7. The van der Waals surface area contributed by atoms with Crippen molar-refractivity contribution in [2.45, 2.75) is 6.61 Å². The summed E-state index contributed by atoms with van der Waals surface area (Å²) < 4.78 is 24.4. The van der Waals surface area contributed by atoms with E-state index in [1.807, 2.05) is 24.3 Å². The minimum Gasteiger partial charge on any atom is -0.467 e. The molecule has 4 rings (SSSR count). The number of para-hydroxylation sites is 1. The van der Waals surface area contributed by atoms with Crippen LogP contribution in [0.1, 0.15) is 16.7 Å². The fraction of sp³-hybridized carbons (Fsp3) is 0.118. The van der Waals surface area contributed by atoms with Gasteiger partial charge in [-0.15, -0.1) is 0 Å². The number of rotatable bonds is 1. The monoisotopic (exact) mass is 297 g/mol. The first kappa shape index (κ1) is 13.0. The Morgan fingerprint density at radius 3 is 3.00 bits per heavy atom. The van der Waals surface area contributed by atoms with E-state index >= 15 is 0 Å².